The Morgan fingerprint density at radius 2 is 2.00 bits per heavy atom. The summed E-state index contributed by atoms with van der Waals surface area (Å²) in [7, 11) is -3.63. The summed E-state index contributed by atoms with van der Waals surface area (Å²) >= 11 is 0. The summed E-state index contributed by atoms with van der Waals surface area (Å²) < 4.78 is 26.8. The SMILES string of the molecule is C=CCNS(=O)(=O)c1ccc(C)c(C(=O)NC2CCCCC2)c1. The standard InChI is InChI=1S/C17H24N2O3S/c1-3-11-18-23(21,22)15-10-9-13(2)16(12-15)17(20)19-14-7-5-4-6-8-14/h3,9-10,12,14,18H,1,4-8,11H2,2H3,(H,19,20). The highest BCUT2D eigenvalue weighted by Gasteiger charge is 2.20. The fourth-order valence-electron chi connectivity index (χ4n) is 2.77. The Morgan fingerprint density at radius 3 is 2.65 bits per heavy atom. The molecule has 0 radical (unpaired) electrons. The molecule has 1 fully saturated rings. The van der Waals surface area contributed by atoms with Crippen LogP contribution in [0.15, 0.2) is 35.7 Å². The van der Waals surface area contributed by atoms with E-state index in [0.29, 0.717) is 5.56 Å². The van der Waals surface area contributed by atoms with Crippen molar-refractivity contribution < 1.29 is 13.2 Å². The van der Waals surface area contributed by atoms with Gasteiger partial charge in [0.05, 0.1) is 4.90 Å². The lowest BCUT2D eigenvalue weighted by Crippen LogP contribution is -2.36. The van der Waals surface area contributed by atoms with Gasteiger partial charge in [0.25, 0.3) is 5.91 Å². The first-order valence-corrected chi connectivity index (χ1v) is 9.44. The molecule has 0 aliphatic heterocycles. The Hall–Kier alpha value is -1.66. The van der Waals surface area contributed by atoms with Gasteiger partial charge in [-0.3, -0.25) is 4.79 Å². The Balaban J connectivity index is 2.19. The van der Waals surface area contributed by atoms with Gasteiger partial charge < -0.3 is 5.32 Å². The fraction of sp³-hybridized carbons (Fsp3) is 0.471. The van der Waals surface area contributed by atoms with Crippen LogP contribution in [0.5, 0.6) is 0 Å². The van der Waals surface area contributed by atoms with Crippen LogP contribution in [0.1, 0.15) is 48.0 Å². The van der Waals surface area contributed by atoms with E-state index in [-0.39, 0.29) is 23.4 Å². The van der Waals surface area contributed by atoms with Crippen LogP contribution in [-0.2, 0) is 10.0 Å². The van der Waals surface area contributed by atoms with Crippen LogP contribution >= 0.6 is 0 Å². The quantitative estimate of drug-likeness (QED) is 0.784. The van der Waals surface area contributed by atoms with Crippen molar-refractivity contribution in [3.63, 3.8) is 0 Å². The van der Waals surface area contributed by atoms with Gasteiger partial charge in [-0.15, -0.1) is 6.58 Å². The summed E-state index contributed by atoms with van der Waals surface area (Å²) in [6.07, 6.45) is 6.93. The molecule has 2 N–H and O–H groups in total. The molecule has 0 aromatic heterocycles. The van der Waals surface area contributed by atoms with Crippen molar-refractivity contribution in [2.75, 3.05) is 6.54 Å². The average molecular weight is 336 g/mol. The van der Waals surface area contributed by atoms with Crippen molar-refractivity contribution in [3.05, 3.63) is 42.0 Å². The molecular formula is C17H24N2O3S. The largest absolute Gasteiger partial charge is 0.349 e. The van der Waals surface area contributed by atoms with Gasteiger partial charge in [-0.1, -0.05) is 31.4 Å². The van der Waals surface area contributed by atoms with Crippen molar-refractivity contribution >= 4 is 15.9 Å². The lowest BCUT2D eigenvalue weighted by Gasteiger charge is -2.23. The molecule has 0 unspecified atom stereocenters. The molecular weight excluding hydrogens is 312 g/mol. The molecule has 0 heterocycles. The third-order valence-corrected chi connectivity index (χ3v) is 5.54. The predicted octanol–water partition coefficient (Wildman–Crippen LogP) is 2.52. The minimum Gasteiger partial charge on any atom is -0.349 e. The summed E-state index contributed by atoms with van der Waals surface area (Å²) in [5, 5.41) is 3.03. The van der Waals surface area contributed by atoms with Gasteiger partial charge in [-0.25, -0.2) is 13.1 Å². The highest BCUT2D eigenvalue weighted by molar-refractivity contribution is 7.89. The van der Waals surface area contributed by atoms with Gasteiger partial charge in [0.2, 0.25) is 10.0 Å². The molecule has 1 amide bonds. The van der Waals surface area contributed by atoms with Crippen molar-refractivity contribution in [1.82, 2.24) is 10.0 Å². The number of carbonyl (C=O) groups is 1. The maximum absolute atomic E-state index is 12.5. The van der Waals surface area contributed by atoms with E-state index in [2.05, 4.69) is 16.6 Å². The van der Waals surface area contributed by atoms with E-state index in [0.717, 1.165) is 31.2 Å². The molecule has 126 valence electrons. The maximum atomic E-state index is 12.5. The predicted molar refractivity (Wildman–Crippen MR) is 90.9 cm³/mol. The van der Waals surface area contributed by atoms with E-state index < -0.39 is 10.0 Å². The van der Waals surface area contributed by atoms with Crippen LogP contribution in [0.2, 0.25) is 0 Å². The zero-order valence-electron chi connectivity index (χ0n) is 13.5. The van der Waals surface area contributed by atoms with E-state index >= 15 is 0 Å². The lowest BCUT2D eigenvalue weighted by molar-refractivity contribution is 0.0927. The van der Waals surface area contributed by atoms with Crippen LogP contribution in [0.25, 0.3) is 0 Å². The molecule has 0 atom stereocenters. The van der Waals surface area contributed by atoms with Gasteiger partial charge >= 0.3 is 0 Å². The molecule has 0 spiro atoms. The second kappa shape index (κ2) is 7.75. The van der Waals surface area contributed by atoms with E-state index in [1.165, 1.54) is 24.6 Å². The monoisotopic (exact) mass is 336 g/mol. The first-order valence-electron chi connectivity index (χ1n) is 7.96. The molecule has 1 aliphatic rings. The highest BCUT2D eigenvalue weighted by atomic mass is 32.2. The Kier molecular flexibility index (Phi) is 5.96. The van der Waals surface area contributed by atoms with Crippen LogP contribution < -0.4 is 10.0 Å². The fourth-order valence-corrected chi connectivity index (χ4v) is 3.80. The second-order valence-corrected chi connectivity index (χ2v) is 7.69. The summed E-state index contributed by atoms with van der Waals surface area (Å²) in [6.45, 7) is 5.45. The number of carbonyl (C=O) groups excluding carboxylic acids is 1. The third-order valence-electron chi connectivity index (χ3n) is 4.12. The molecule has 1 aromatic carbocycles. The number of amides is 1. The van der Waals surface area contributed by atoms with Crippen molar-refractivity contribution in [3.8, 4) is 0 Å². The molecule has 1 aromatic rings. The number of aryl methyl sites for hydroxylation is 1. The van der Waals surface area contributed by atoms with Crippen molar-refractivity contribution in [2.45, 2.75) is 50.0 Å². The first kappa shape index (κ1) is 17.7. The molecule has 0 bridgehead atoms. The van der Waals surface area contributed by atoms with E-state index in [1.807, 2.05) is 6.92 Å². The van der Waals surface area contributed by atoms with Crippen molar-refractivity contribution in [1.29, 1.82) is 0 Å². The smallest absolute Gasteiger partial charge is 0.251 e. The van der Waals surface area contributed by atoms with Gasteiger partial charge in [0, 0.05) is 18.2 Å². The second-order valence-electron chi connectivity index (χ2n) is 5.93. The number of benzene rings is 1. The minimum atomic E-state index is -3.63. The third kappa shape index (κ3) is 4.65. The van der Waals surface area contributed by atoms with E-state index in [1.54, 1.807) is 6.07 Å². The van der Waals surface area contributed by atoms with Crippen LogP contribution in [-0.4, -0.2) is 26.9 Å². The highest BCUT2D eigenvalue weighted by Crippen LogP contribution is 2.20. The molecule has 1 aliphatic carbocycles. The minimum absolute atomic E-state index is 0.0961. The Labute approximate surface area is 138 Å². The Bertz CT molecular complexity index is 677. The molecule has 6 heteroatoms. The molecule has 5 nitrogen and oxygen atoms in total. The van der Waals surface area contributed by atoms with Gasteiger partial charge in [-0.05, 0) is 37.5 Å². The molecule has 0 saturated heterocycles. The molecule has 1 saturated carbocycles. The number of sulfonamides is 1. The van der Waals surface area contributed by atoms with Gasteiger partial charge in [-0.2, -0.15) is 0 Å². The first-order chi connectivity index (χ1) is 10.9. The van der Waals surface area contributed by atoms with Crippen molar-refractivity contribution in [2.24, 2.45) is 0 Å². The van der Waals surface area contributed by atoms with Crippen LogP contribution in [0.4, 0.5) is 0 Å². The summed E-state index contributed by atoms with van der Waals surface area (Å²) in [5.74, 6) is -0.199. The van der Waals surface area contributed by atoms with Crippen LogP contribution in [0, 0.1) is 6.92 Å². The number of hydrogen-bond acceptors (Lipinski definition) is 3. The summed E-state index contributed by atoms with van der Waals surface area (Å²) in [4.78, 5) is 12.6. The van der Waals surface area contributed by atoms with Gasteiger partial charge in [0.15, 0.2) is 0 Å². The van der Waals surface area contributed by atoms with E-state index in [4.69, 9.17) is 0 Å². The normalized spacial score (nSPS) is 16.0. The topological polar surface area (TPSA) is 75.3 Å². The Morgan fingerprint density at radius 1 is 1.30 bits per heavy atom. The molecule has 2 rings (SSSR count). The number of hydrogen-bond donors (Lipinski definition) is 2. The average Bonchev–Trinajstić information content (AvgIpc) is 2.54. The lowest BCUT2D eigenvalue weighted by atomic mass is 9.95. The zero-order valence-corrected chi connectivity index (χ0v) is 14.3. The van der Waals surface area contributed by atoms with Gasteiger partial charge in [0.1, 0.15) is 0 Å². The molecule has 23 heavy (non-hydrogen) atoms. The van der Waals surface area contributed by atoms with Crippen LogP contribution in [0.3, 0.4) is 0 Å². The van der Waals surface area contributed by atoms with E-state index in [9.17, 15) is 13.2 Å². The number of rotatable bonds is 6. The number of nitrogens with one attached hydrogen (secondary N) is 2. The maximum Gasteiger partial charge on any atom is 0.251 e. The summed E-state index contributed by atoms with van der Waals surface area (Å²) in [6, 6.07) is 4.81. The zero-order chi connectivity index (χ0) is 16.9. The summed E-state index contributed by atoms with van der Waals surface area (Å²) in [5.41, 5.74) is 1.18.